The van der Waals surface area contributed by atoms with Crippen molar-refractivity contribution in [2.24, 2.45) is 0 Å². The van der Waals surface area contributed by atoms with Crippen LogP contribution in [0.1, 0.15) is 12.0 Å². The van der Waals surface area contributed by atoms with Crippen molar-refractivity contribution >= 4 is 29.3 Å². The first-order valence-corrected chi connectivity index (χ1v) is 10.1. The Labute approximate surface area is 164 Å². The van der Waals surface area contributed by atoms with E-state index in [2.05, 4.69) is 5.32 Å². The van der Waals surface area contributed by atoms with Crippen molar-refractivity contribution in [2.45, 2.75) is 17.7 Å². The minimum Gasteiger partial charge on any atom is -0.378 e. The maximum atomic E-state index is 12.3. The van der Waals surface area contributed by atoms with Gasteiger partial charge in [-0.05, 0) is 29.8 Å². The maximum absolute atomic E-state index is 12.3. The average molecular weight is 385 g/mol. The lowest BCUT2D eigenvalue weighted by Crippen LogP contribution is -2.41. The van der Waals surface area contributed by atoms with Crippen LogP contribution >= 0.6 is 11.8 Å². The van der Waals surface area contributed by atoms with Gasteiger partial charge in [-0.2, -0.15) is 0 Å². The molecule has 1 heterocycles. The summed E-state index contributed by atoms with van der Waals surface area (Å²) in [4.78, 5) is 27.3. The Morgan fingerprint density at radius 2 is 1.70 bits per heavy atom. The fraction of sp³-hybridized carbons (Fsp3) is 0.333. The highest BCUT2D eigenvalue weighted by Gasteiger charge is 2.16. The lowest BCUT2D eigenvalue weighted by atomic mass is 10.1. The molecule has 6 heteroatoms. The summed E-state index contributed by atoms with van der Waals surface area (Å²) >= 11 is 1.67. The second-order valence-electron chi connectivity index (χ2n) is 6.33. The number of anilines is 1. The molecule has 1 N–H and O–H groups in total. The number of hydrogen-bond donors (Lipinski definition) is 1. The van der Waals surface area contributed by atoms with Crippen LogP contribution in [0.5, 0.6) is 0 Å². The number of thioether (sulfide) groups is 1. The highest BCUT2D eigenvalue weighted by atomic mass is 32.2. The quantitative estimate of drug-likeness (QED) is 0.745. The second-order valence-corrected chi connectivity index (χ2v) is 7.49. The van der Waals surface area contributed by atoms with Gasteiger partial charge in [0.05, 0.1) is 19.6 Å². The molecule has 0 aliphatic carbocycles. The van der Waals surface area contributed by atoms with E-state index in [1.165, 1.54) is 4.90 Å². The van der Waals surface area contributed by atoms with E-state index in [1.54, 1.807) is 11.8 Å². The molecule has 2 amide bonds. The topological polar surface area (TPSA) is 58.6 Å². The largest absolute Gasteiger partial charge is 0.378 e. The number of nitrogens with one attached hydrogen (secondary N) is 1. The van der Waals surface area contributed by atoms with Crippen LogP contribution in [0, 0.1) is 0 Å². The zero-order chi connectivity index (χ0) is 18.9. The van der Waals surface area contributed by atoms with E-state index < -0.39 is 0 Å². The SMILES string of the molecule is O=C(CCSc1ccccc1)Nc1ccc(CC(=O)N2CCOCC2)cc1. The summed E-state index contributed by atoms with van der Waals surface area (Å²) in [6.45, 7) is 2.54. The van der Waals surface area contributed by atoms with Gasteiger partial charge in [-0.25, -0.2) is 0 Å². The van der Waals surface area contributed by atoms with E-state index in [0.29, 0.717) is 39.1 Å². The smallest absolute Gasteiger partial charge is 0.227 e. The zero-order valence-electron chi connectivity index (χ0n) is 15.2. The molecule has 5 nitrogen and oxygen atoms in total. The van der Waals surface area contributed by atoms with E-state index in [-0.39, 0.29) is 11.8 Å². The van der Waals surface area contributed by atoms with Gasteiger partial charge in [-0.3, -0.25) is 9.59 Å². The summed E-state index contributed by atoms with van der Waals surface area (Å²) in [7, 11) is 0. The number of carbonyl (C=O) groups excluding carboxylic acids is 2. The Kier molecular flexibility index (Phi) is 7.30. The molecular formula is C21H24N2O3S. The van der Waals surface area contributed by atoms with Gasteiger partial charge < -0.3 is 15.0 Å². The molecule has 0 saturated carbocycles. The molecule has 0 bridgehead atoms. The Morgan fingerprint density at radius 1 is 1.00 bits per heavy atom. The molecule has 2 aromatic rings. The van der Waals surface area contributed by atoms with E-state index in [1.807, 2.05) is 59.5 Å². The molecule has 3 rings (SSSR count). The van der Waals surface area contributed by atoms with E-state index in [9.17, 15) is 9.59 Å². The van der Waals surface area contributed by atoms with Crippen LogP contribution in [0.2, 0.25) is 0 Å². The third kappa shape index (κ3) is 6.41. The number of rotatable bonds is 7. The molecule has 1 aliphatic rings. The van der Waals surface area contributed by atoms with Crippen LogP contribution in [0.25, 0.3) is 0 Å². The maximum Gasteiger partial charge on any atom is 0.227 e. The van der Waals surface area contributed by atoms with Gasteiger partial charge >= 0.3 is 0 Å². The Hall–Kier alpha value is -2.31. The van der Waals surface area contributed by atoms with Gasteiger partial charge in [-0.1, -0.05) is 30.3 Å². The van der Waals surface area contributed by atoms with Crippen LogP contribution in [0.3, 0.4) is 0 Å². The molecule has 1 saturated heterocycles. The third-order valence-corrected chi connectivity index (χ3v) is 5.31. The van der Waals surface area contributed by atoms with Gasteiger partial charge in [0.15, 0.2) is 0 Å². The van der Waals surface area contributed by atoms with Crippen molar-refractivity contribution in [3.8, 4) is 0 Å². The summed E-state index contributed by atoms with van der Waals surface area (Å²) in [5.41, 5.74) is 1.71. The molecule has 1 aliphatic heterocycles. The van der Waals surface area contributed by atoms with E-state index in [4.69, 9.17) is 4.74 Å². The van der Waals surface area contributed by atoms with Crippen molar-refractivity contribution < 1.29 is 14.3 Å². The lowest BCUT2D eigenvalue weighted by molar-refractivity contribution is -0.134. The molecule has 0 aromatic heterocycles. The second kappa shape index (κ2) is 10.1. The molecule has 0 unspecified atom stereocenters. The summed E-state index contributed by atoms with van der Waals surface area (Å²) in [5, 5.41) is 2.91. The minimum absolute atomic E-state index is 0.00410. The van der Waals surface area contributed by atoms with Crippen LogP contribution in [-0.2, 0) is 20.7 Å². The average Bonchev–Trinajstić information content (AvgIpc) is 2.71. The van der Waals surface area contributed by atoms with Crippen LogP contribution < -0.4 is 5.32 Å². The van der Waals surface area contributed by atoms with Gasteiger partial charge in [-0.15, -0.1) is 11.8 Å². The van der Waals surface area contributed by atoms with E-state index in [0.717, 1.165) is 17.0 Å². The normalized spacial score (nSPS) is 14.0. The minimum atomic E-state index is -0.00410. The highest BCUT2D eigenvalue weighted by molar-refractivity contribution is 7.99. The monoisotopic (exact) mass is 384 g/mol. The van der Waals surface area contributed by atoms with Crippen LogP contribution in [0.15, 0.2) is 59.5 Å². The fourth-order valence-corrected chi connectivity index (χ4v) is 3.68. The number of carbonyl (C=O) groups is 2. The zero-order valence-corrected chi connectivity index (χ0v) is 16.0. The van der Waals surface area contributed by atoms with E-state index >= 15 is 0 Å². The highest BCUT2D eigenvalue weighted by Crippen LogP contribution is 2.18. The fourth-order valence-electron chi connectivity index (χ4n) is 2.81. The lowest BCUT2D eigenvalue weighted by Gasteiger charge is -2.26. The standard InChI is InChI=1S/C21H24N2O3S/c24-20(10-15-27-19-4-2-1-3-5-19)22-18-8-6-17(7-9-18)16-21(25)23-11-13-26-14-12-23/h1-9H,10-16H2,(H,22,24). The molecule has 27 heavy (non-hydrogen) atoms. The number of amides is 2. The van der Waals surface area contributed by atoms with Crippen molar-refractivity contribution in [3.63, 3.8) is 0 Å². The Bertz CT molecular complexity index is 744. The number of morpholine rings is 1. The molecule has 142 valence electrons. The summed E-state index contributed by atoms with van der Waals surface area (Å²) in [6.07, 6.45) is 0.832. The molecule has 0 atom stereocenters. The summed E-state index contributed by atoms with van der Waals surface area (Å²) < 4.78 is 5.27. The number of benzene rings is 2. The number of nitrogens with zero attached hydrogens (tertiary/aromatic N) is 1. The Balaban J connectivity index is 1.41. The molecular weight excluding hydrogens is 360 g/mol. The predicted octanol–water partition coefficient (Wildman–Crippen LogP) is 3.21. The van der Waals surface area contributed by atoms with Crippen molar-refractivity contribution in [3.05, 3.63) is 60.2 Å². The van der Waals surface area contributed by atoms with Crippen molar-refractivity contribution in [1.29, 1.82) is 0 Å². The summed E-state index contributed by atoms with van der Waals surface area (Å²) in [6, 6.07) is 17.5. The van der Waals surface area contributed by atoms with Crippen LogP contribution in [0.4, 0.5) is 5.69 Å². The molecule has 0 spiro atoms. The first-order valence-electron chi connectivity index (χ1n) is 9.13. The predicted molar refractivity (Wildman–Crippen MR) is 108 cm³/mol. The van der Waals surface area contributed by atoms with Gasteiger partial charge in [0.25, 0.3) is 0 Å². The van der Waals surface area contributed by atoms with Gasteiger partial charge in [0.1, 0.15) is 0 Å². The van der Waals surface area contributed by atoms with Crippen molar-refractivity contribution in [2.75, 3.05) is 37.4 Å². The summed E-state index contributed by atoms with van der Waals surface area (Å²) in [5.74, 6) is 0.853. The first kappa shape index (κ1) is 19.5. The Morgan fingerprint density at radius 3 is 2.41 bits per heavy atom. The van der Waals surface area contributed by atoms with Crippen LogP contribution in [-0.4, -0.2) is 48.8 Å². The molecule has 2 aromatic carbocycles. The number of hydrogen-bond acceptors (Lipinski definition) is 4. The van der Waals surface area contributed by atoms with Gasteiger partial charge in [0, 0.05) is 35.8 Å². The molecule has 0 radical (unpaired) electrons. The van der Waals surface area contributed by atoms with Gasteiger partial charge in [0.2, 0.25) is 11.8 Å². The first-order chi connectivity index (χ1) is 13.2. The molecule has 1 fully saturated rings. The van der Waals surface area contributed by atoms with Crippen molar-refractivity contribution in [1.82, 2.24) is 4.90 Å². The third-order valence-electron chi connectivity index (χ3n) is 4.30. The number of ether oxygens (including phenoxy) is 1.